The van der Waals surface area contributed by atoms with Crippen LogP contribution in [0.4, 0.5) is 0 Å². The van der Waals surface area contributed by atoms with Crippen molar-refractivity contribution in [3.63, 3.8) is 0 Å². The van der Waals surface area contributed by atoms with E-state index in [4.69, 9.17) is 14.2 Å². The summed E-state index contributed by atoms with van der Waals surface area (Å²) in [5.41, 5.74) is 0. The lowest BCUT2D eigenvalue weighted by Crippen LogP contribution is -2.30. The minimum atomic E-state index is -0.775. The van der Waals surface area contributed by atoms with Crippen LogP contribution in [0, 0.1) is 0 Å². The van der Waals surface area contributed by atoms with E-state index in [1.807, 2.05) is 0 Å². The van der Waals surface area contributed by atoms with Crippen LogP contribution in [0.2, 0.25) is 0 Å². The SMILES string of the molecule is CCCCC/C=C\C/C=C\CCCCCCCCCC(=O)OC(COC(=O)CCCCCCCCCCCC)COC(=O)CCCCCCCCCCCCCCCCCC/C=C\C/C=C\C/C=C\CCCCCCC. The lowest BCUT2D eigenvalue weighted by atomic mass is 10.0. The number of allylic oxidation sites excluding steroid dienone is 10. The Kier molecular flexibility index (Phi) is 62.2. The Bertz CT molecular complexity index is 1360. The maximum absolute atomic E-state index is 12.9. The van der Waals surface area contributed by atoms with E-state index in [1.54, 1.807) is 0 Å². The van der Waals surface area contributed by atoms with E-state index in [0.29, 0.717) is 19.3 Å². The molecule has 0 fully saturated rings. The Labute approximate surface area is 472 Å². The van der Waals surface area contributed by atoms with Gasteiger partial charge >= 0.3 is 17.9 Å². The molecular weight excluding hydrogens is 937 g/mol. The van der Waals surface area contributed by atoms with Gasteiger partial charge in [-0.05, 0) is 89.9 Å². The molecule has 0 N–H and O–H groups in total. The van der Waals surface area contributed by atoms with Crippen molar-refractivity contribution in [1.82, 2.24) is 0 Å². The molecule has 0 radical (unpaired) electrons. The second-order valence-electron chi connectivity index (χ2n) is 22.4. The van der Waals surface area contributed by atoms with Crippen molar-refractivity contribution in [2.75, 3.05) is 13.2 Å². The van der Waals surface area contributed by atoms with Crippen LogP contribution < -0.4 is 0 Å². The van der Waals surface area contributed by atoms with E-state index in [0.717, 1.165) is 83.5 Å². The minimum Gasteiger partial charge on any atom is -0.462 e. The van der Waals surface area contributed by atoms with Gasteiger partial charge < -0.3 is 14.2 Å². The van der Waals surface area contributed by atoms with Gasteiger partial charge in [-0.3, -0.25) is 14.4 Å². The highest BCUT2D eigenvalue weighted by Gasteiger charge is 2.19. The molecule has 0 saturated carbocycles. The number of hydrogen-bond acceptors (Lipinski definition) is 6. The van der Waals surface area contributed by atoms with Crippen molar-refractivity contribution in [3.8, 4) is 0 Å². The number of hydrogen-bond donors (Lipinski definition) is 0. The molecule has 0 aromatic carbocycles. The van der Waals surface area contributed by atoms with E-state index >= 15 is 0 Å². The summed E-state index contributed by atoms with van der Waals surface area (Å²) in [6.45, 7) is 6.63. The normalized spacial score (nSPS) is 12.4. The predicted molar refractivity (Wildman–Crippen MR) is 330 cm³/mol. The molecule has 0 saturated heterocycles. The van der Waals surface area contributed by atoms with Crippen LogP contribution in [0.15, 0.2) is 60.8 Å². The van der Waals surface area contributed by atoms with Crippen LogP contribution in [-0.2, 0) is 28.6 Å². The van der Waals surface area contributed by atoms with Crippen LogP contribution >= 0.6 is 0 Å². The second kappa shape index (κ2) is 64.6. The number of ether oxygens (including phenoxy) is 3. The van der Waals surface area contributed by atoms with Crippen LogP contribution in [-0.4, -0.2) is 37.2 Å². The third-order valence-corrected chi connectivity index (χ3v) is 14.7. The number of unbranched alkanes of at least 4 members (excludes halogenated alkanes) is 40. The molecule has 1 unspecified atom stereocenters. The van der Waals surface area contributed by atoms with E-state index in [1.165, 1.54) is 225 Å². The Hall–Kier alpha value is -2.89. The summed E-state index contributed by atoms with van der Waals surface area (Å²) in [6.07, 6.45) is 82.5. The fraction of sp³-hybridized carbons (Fsp3) is 0.814. The monoisotopic (exact) mass is 1060 g/mol. The van der Waals surface area contributed by atoms with Crippen LogP contribution in [0.5, 0.6) is 0 Å². The first-order chi connectivity index (χ1) is 37.5. The predicted octanol–water partition coefficient (Wildman–Crippen LogP) is 22.7. The maximum Gasteiger partial charge on any atom is 0.306 e. The number of carbonyl (C=O) groups excluding carboxylic acids is 3. The molecule has 0 heterocycles. The van der Waals surface area contributed by atoms with E-state index < -0.39 is 6.10 Å². The molecule has 6 nitrogen and oxygen atoms in total. The molecule has 0 aromatic heterocycles. The van der Waals surface area contributed by atoms with Gasteiger partial charge in [-0.25, -0.2) is 0 Å². The summed E-state index contributed by atoms with van der Waals surface area (Å²) >= 11 is 0. The molecule has 0 aliphatic rings. The fourth-order valence-electron chi connectivity index (χ4n) is 9.72. The average Bonchev–Trinajstić information content (AvgIpc) is 3.42. The van der Waals surface area contributed by atoms with Crippen molar-refractivity contribution in [1.29, 1.82) is 0 Å². The van der Waals surface area contributed by atoms with E-state index in [9.17, 15) is 14.4 Å². The molecule has 0 aliphatic heterocycles. The number of esters is 3. The fourth-order valence-corrected chi connectivity index (χ4v) is 9.72. The first kappa shape index (κ1) is 73.1. The van der Waals surface area contributed by atoms with Gasteiger partial charge in [0.25, 0.3) is 0 Å². The molecule has 76 heavy (non-hydrogen) atoms. The highest BCUT2D eigenvalue weighted by molar-refractivity contribution is 5.71. The number of carbonyl (C=O) groups is 3. The van der Waals surface area contributed by atoms with Gasteiger partial charge in [-0.1, -0.05) is 300 Å². The molecule has 6 heteroatoms. The highest BCUT2D eigenvalue weighted by Crippen LogP contribution is 2.17. The van der Waals surface area contributed by atoms with Gasteiger partial charge in [-0.15, -0.1) is 0 Å². The largest absolute Gasteiger partial charge is 0.462 e. The lowest BCUT2D eigenvalue weighted by Gasteiger charge is -2.18. The second-order valence-corrected chi connectivity index (χ2v) is 22.4. The summed E-state index contributed by atoms with van der Waals surface area (Å²) in [4.78, 5) is 38.2. The Morgan fingerprint density at radius 2 is 0.474 bits per heavy atom. The van der Waals surface area contributed by atoms with Gasteiger partial charge in [0, 0.05) is 19.3 Å². The smallest absolute Gasteiger partial charge is 0.306 e. The van der Waals surface area contributed by atoms with E-state index in [-0.39, 0.29) is 31.1 Å². The van der Waals surface area contributed by atoms with Crippen molar-refractivity contribution in [2.24, 2.45) is 0 Å². The van der Waals surface area contributed by atoms with Gasteiger partial charge in [0.1, 0.15) is 13.2 Å². The van der Waals surface area contributed by atoms with Gasteiger partial charge in [-0.2, -0.15) is 0 Å². The molecule has 0 aliphatic carbocycles. The summed E-state index contributed by atoms with van der Waals surface area (Å²) in [5, 5.41) is 0. The highest BCUT2D eigenvalue weighted by atomic mass is 16.6. The third-order valence-electron chi connectivity index (χ3n) is 14.7. The summed E-state index contributed by atoms with van der Waals surface area (Å²) in [6, 6.07) is 0. The van der Waals surface area contributed by atoms with Crippen molar-refractivity contribution < 1.29 is 28.6 Å². The average molecular weight is 1060 g/mol. The minimum absolute atomic E-state index is 0.0733. The zero-order valence-electron chi connectivity index (χ0n) is 50.8. The Balaban J connectivity index is 4.13. The van der Waals surface area contributed by atoms with Crippen LogP contribution in [0.1, 0.15) is 348 Å². The van der Waals surface area contributed by atoms with Crippen molar-refractivity contribution in [3.05, 3.63) is 60.8 Å². The molecule has 442 valence electrons. The molecule has 1 atom stereocenters. The Morgan fingerprint density at radius 3 is 0.763 bits per heavy atom. The quantitative estimate of drug-likeness (QED) is 0.0261. The van der Waals surface area contributed by atoms with Crippen LogP contribution in [0.3, 0.4) is 0 Å². The molecule has 0 spiro atoms. The first-order valence-corrected chi connectivity index (χ1v) is 33.3. The first-order valence-electron chi connectivity index (χ1n) is 33.3. The van der Waals surface area contributed by atoms with Crippen molar-refractivity contribution in [2.45, 2.75) is 354 Å². The standard InChI is InChI=1S/C70H126O6/c1-4-7-10-13-16-19-22-24-26-28-29-30-31-32-33-34-35-36-37-38-39-40-41-43-44-46-48-51-54-57-60-63-69(72)75-66-67(65-74-68(71)62-59-56-53-50-21-18-15-12-9-6-3)76-70(73)64-61-58-55-52-49-47-45-42-27-25-23-20-17-14-11-8-5-2/h17,20,22,24-25,27-29,31-32,67H,4-16,18-19,21,23,26,30,33-66H2,1-3H3/b20-17-,24-22-,27-25-,29-28-,32-31-. The zero-order chi connectivity index (χ0) is 55.0. The lowest BCUT2D eigenvalue weighted by molar-refractivity contribution is -0.167. The summed E-state index contributed by atoms with van der Waals surface area (Å²) in [7, 11) is 0. The molecular formula is C70H126O6. The molecule has 0 bridgehead atoms. The summed E-state index contributed by atoms with van der Waals surface area (Å²) < 4.78 is 16.9. The van der Waals surface area contributed by atoms with Crippen molar-refractivity contribution >= 4 is 17.9 Å². The number of rotatable bonds is 61. The Morgan fingerprint density at radius 1 is 0.263 bits per heavy atom. The van der Waals surface area contributed by atoms with Gasteiger partial charge in [0.2, 0.25) is 0 Å². The molecule has 0 amide bonds. The summed E-state index contributed by atoms with van der Waals surface area (Å²) in [5.74, 6) is -0.865. The maximum atomic E-state index is 12.9. The third kappa shape index (κ3) is 62.0. The van der Waals surface area contributed by atoms with E-state index in [2.05, 4.69) is 81.5 Å². The van der Waals surface area contributed by atoms with Gasteiger partial charge in [0.15, 0.2) is 6.10 Å². The molecule has 0 rings (SSSR count). The van der Waals surface area contributed by atoms with Crippen LogP contribution in [0.25, 0.3) is 0 Å². The molecule has 0 aromatic rings. The topological polar surface area (TPSA) is 78.9 Å². The van der Waals surface area contributed by atoms with Gasteiger partial charge in [0.05, 0.1) is 0 Å². The zero-order valence-corrected chi connectivity index (χ0v) is 50.8.